The molecule has 1 aromatic carbocycles. The zero-order chi connectivity index (χ0) is 16.0. The zero-order valence-electron chi connectivity index (χ0n) is 12.6. The number of carboxylic acid groups (broad SMARTS) is 1. The number of hydrogen-bond acceptors (Lipinski definition) is 5. The highest BCUT2D eigenvalue weighted by Gasteiger charge is 2.33. The number of aryl methyl sites for hydroxylation is 1. The molecule has 0 aliphatic carbocycles. The molecule has 0 radical (unpaired) electrons. The summed E-state index contributed by atoms with van der Waals surface area (Å²) in [6, 6.07) is 7.66. The van der Waals surface area contributed by atoms with E-state index in [1.807, 2.05) is 28.5 Å². The fourth-order valence-electron chi connectivity index (χ4n) is 3.13. The van der Waals surface area contributed by atoms with Crippen molar-refractivity contribution in [3.05, 3.63) is 46.9 Å². The number of rotatable bonds is 3. The molecule has 3 heterocycles. The van der Waals surface area contributed by atoms with Crippen LogP contribution in [0.5, 0.6) is 0 Å². The topological polar surface area (TPSA) is 71.2 Å². The van der Waals surface area contributed by atoms with Crippen molar-refractivity contribution in [2.75, 3.05) is 0 Å². The Bertz CT molecular complexity index is 885. The Morgan fingerprint density at radius 2 is 2.22 bits per heavy atom. The highest BCUT2D eigenvalue weighted by atomic mass is 32.1. The summed E-state index contributed by atoms with van der Waals surface area (Å²) in [5, 5.41) is 21.2. The van der Waals surface area contributed by atoms with Crippen molar-refractivity contribution in [1.82, 2.24) is 19.7 Å². The molecular formula is C16H16N4O2S. The predicted octanol–water partition coefficient (Wildman–Crippen LogP) is 2.27. The minimum atomic E-state index is -0.803. The van der Waals surface area contributed by atoms with Crippen molar-refractivity contribution < 1.29 is 9.90 Å². The first-order valence-electron chi connectivity index (χ1n) is 7.44. The summed E-state index contributed by atoms with van der Waals surface area (Å²) in [6.07, 6.45) is 0. The second-order valence-corrected chi connectivity index (χ2v) is 6.70. The molecule has 0 fully saturated rings. The van der Waals surface area contributed by atoms with Gasteiger partial charge < -0.3 is 9.67 Å². The molecular weight excluding hydrogens is 312 g/mol. The van der Waals surface area contributed by atoms with Crippen molar-refractivity contribution in [3.63, 3.8) is 0 Å². The van der Waals surface area contributed by atoms with E-state index in [-0.39, 0.29) is 0 Å². The molecule has 0 spiro atoms. The number of carbonyl (C=O) groups is 1. The number of hydrogen-bond donors (Lipinski definition) is 1. The van der Waals surface area contributed by atoms with Crippen LogP contribution in [-0.2, 0) is 24.4 Å². The highest BCUT2D eigenvalue weighted by Crippen LogP contribution is 2.29. The zero-order valence-corrected chi connectivity index (χ0v) is 13.5. The van der Waals surface area contributed by atoms with E-state index in [1.165, 1.54) is 15.6 Å². The molecule has 0 saturated carbocycles. The lowest BCUT2D eigenvalue weighted by Crippen LogP contribution is -2.47. The number of thiophene rings is 1. The molecule has 2 aromatic heterocycles. The van der Waals surface area contributed by atoms with Crippen LogP contribution in [-0.4, -0.2) is 36.8 Å². The van der Waals surface area contributed by atoms with Crippen LogP contribution in [0.25, 0.3) is 10.1 Å². The normalized spacial score (nSPS) is 18.2. The lowest BCUT2D eigenvalue weighted by Gasteiger charge is -2.33. The van der Waals surface area contributed by atoms with Gasteiger partial charge in [-0.05, 0) is 29.3 Å². The average molecular weight is 328 g/mol. The fourth-order valence-corrected chi connectivity index (χ4v) is 4.09. The van der Waals surface area contributed by atoms with E-state index in [0.717, 1.165) is 11.6 Å². The van der Waals surface area contributed by atoms with Gasteiger partial charge in [0.15, 0.2) is 0 Å². The van der Waals surface area contributed by atoms with Gasteiger partial charge in [-0.1, -0.05) is 18.2 Å². The smallest absolute Gasteiger partial charge is 0.322 e. The van der Waals surface area contributed by atoms with Crippen LogP contribution in [0.3, 0.4) is 0 Å². The second kappa shape index (κ2) is 5.43. The molecule has 4 rings (SSSR count). The first kappa shape index (κ1) is 14.3. The summed E-state index contributed by atoms with van der Waals surface area (Å²) in [5.74, 6) is 0.801. The van der Waals surface area contributed by atoms with Crippen molar-refractivity contribution in [2.24, 2.45) is 0 Å². The van der Waals surface area contributed by atoms with Crippen LogP contribution in [0.1, 0.15) is 17.2 Å². The Balaban J connectivity index is 1.68. The fraction of sp³-hybridized carbons (Fsp3) is 0.312. The second-order valence-electron chi connectivity index (χ2n) is 5.79. The lowest BCUT2D eigenvalue weighted by molar-refractivity contribution is -0.145. The van der Waals surface area contributed by atoms with Crippen LogP contribution >= 0.6 is 11.3 Å². The molecule has 1 aliphatic rings. The van der Waals surface area contributed by atoms with Gasteiger partial charge in [0, 0.05) is 11.2 Å². The van der Waals surface area contributed by atoms with Crippen molar-refractivity contribution in [2.45, 2.75) is 32.6 Å². The summed E-state index contributed by atoms with van der Waals surface area (Å²) in [4.78, 5) is 13.7. The van der Waals surface area contributed by atoms with E-state index in [0.29, 0.717) is 19.6 Å². The maximum atomic E-state index is 11.7. The molecule has 1 aliphatic heterocycles. The standard InChI is InChI=1S/C16H16N4O2S/c1-10-17-18-15-8-19(13(16(21)22)7-20(10)15)6-11-9-23-14-5-3-2-4-12(11)14/h2-5,9,13H,6-8H2,1H3,(H,21,22). The SMILES string of the molecule is Cc1nnc2n1CC(C(=O)O)N(Cc1csc3ccccc13)C2. The minimum absolute atomic E-state index is 0.394. The van der Waals surface area contributed by atoms with E-state index >= 15 is 0 Å². The molecule has 23 heavy (non-hydrogen) atoms. The number of aliphatic carboxylic acids is 1. The first-order chi connectivity index (χ1) is 11.1. The van der Waals surface area contributed by atoms with Gasteiger partial charge in [0.05, 0.1) is 13.1 Å². The molecule has 1 N–H and O–H groups in total. The van der Waals surface area contributed by atoms with E-state index in [2.05, 4.69) is 27.7 Å². The monoisotopic (exact) mass is 328 g/mol. The van der Waals surface area contributed by atoms with Gasteiger partial charge >= 0.3 is 5.97 Å². The molecule has 0 amide bonds. The van der Waals surface area contributed by atoms with Crippen LogP contribution in [0, 0.1) is 6.92 Å². The average Bonchev–Trinajstić information content (AvgIpc) is 3.11. The van der Waals surface area contributed by atoms with Crippen LogP contribution < -0.4 is 0 Å². The van der Waals surface area contributed by atoms with Crippen LogP contribution in [0.2, 0.25) is 0 Å². The minimum Gasteiger partial charge on any atom is -0.480 e. The predicted molar refractivity (Wildman–Crippen MR) is 87.3 cm³/mol. The number of aromatic nitrogens is 3. The molecule has 1 unspecified atom stereocenters. The third-order valence-electron chi connectivity index (χ3n) is 4.37. The van der Waals surface area contributed by atoms with Gasteiger partial charge in [-0.3, -0.25) is 9.69 Å². The highest BCUT2D eigenvalue weighted by molar-refractivity contribution is 7.17. The Kier molecular flexibility index (Phi) is 3.39. The molecule has 0 saturated heterocycles. The molecule has 1 atom stereocenters. The summed E-state index contributed by atoms with van der Waals surface area (Å²) < 4.78 is 3.13. The van der Waals surface area contributed by atoms with E-state index in [9.17, 15) is 9.90 Å². The van der Waals surface area contributed by atoms with Gasteiger partial charge in [0.25, 0.3) is 0 Å². The summed E-state index contributed by atoms with van der Waals surface area (Å²) in [6.45, 7) is 3.36. The van der Waals surface area contributed by atoms with Crippen molar-refractivity contribution in [3.8, 4) is 0 Å². The largest absolute Gasteiger partial charge is 0.480 e. The van der Waals surface area contributed by atoms with E-state index in [4.69, 9.17) is 0 Å². The third-order valence-corrected chi connectivity index (χ3v) is 5.39. The van der Waals surface area contributed by atoms with Crippen LogP contribution in [0.4, 0.5) is 0 Å². The van der Waals surface area contributed by atoms with E-state index in [1.54, 1.807) is 11.3 Å². The Morgan fingerprint density at radius 3 is 3.04 bits per heavy atom. The molecule has 6 nitrogen and oxygen atoms in total. The van der Waals surface area contributed by atoms with Gasteiger partial charge in [0.2, 0.25) is 0 Å². The third kappa shape index (κ3) is 2.42. The van der Waals surface area contributed by atoms with Gasteiger partial charge in [0.1, 0.15) is 17.7 Å². The van der Waals surface area contributed by atoms with Gasteiger partial charge in [-0.25, -0.2) is 0 Å². The first-order valence-corrected chi connectivity index (χ1v) is 8.32. The Hall–Kier alpha value is -2.25. The number of benzene rings is 1. The van der Waals surface area contributed by atoms with Crippen molar-refractivity contribution >= 4 is 27.4 Å². The quantitative estimate of drug-likeness (QED) is 0.798. The van der Waals surface area contributed by atoms with Gasteiger partial charge in [-0.15, -0.1) is 21.5 Å². The molecule has 7 heteroatoms. The summed E-state index contributed by atoms with van der Waals surface area (Å²) in [5.41, 5.74) is 1.17. The van der Waals surface area contributed by atoms with Crippen molar-refractivity contribution in [1.29, 1.82) is 0 Å². The molecule has 0 bridgehead atoms. The number of carboxylic acids is 1. The van der Waals surface area contributed by atoms with E-state index < -0.39 is 12.0 Å². The maximum Gasteiger partial charge on any atom is 0.322 e. The molecule has 118 valence electrons. The maximum absolute atomic E-state index is 11.7. The van der Waals surface area contributed by atoms with Crippen LogP contribution in [0.15, 0.2) is 29.6 Å². The van der Waals surface area contributed by atoms with Gasteiger partial charge in [-0.2, -0.15) is 0 Å². The Morgan fingerprint density at radius 1 is 1.39 bits per heavy atom. The Labute approximate surface area is 137 Å². The number of nitrogens with zero attached hydrogens (tertiary/aromatic N) is 4. The number of fused-ring (bicyclic) bond motifs is 2. The summed E-state index contributed by atoms with van der Waals surface area (Å²) >= 11 is 1.69. The summed E-state index contributed by atoms with van der Waals surface area (Å²) in [7, 11) is 0. The lowest BCUT2D eigenvalue weighted by atomic mass is 10.1. The molecule has 3 aromatic rings.